The van der Waals surface area contributed by atoms with E-state index in [0.717, 1.165) is 5.56 Å². The van der Waals surface area contributed by atoms with Crippen LogP contribution in [0.5, 0.6) is 5.75 Å². The number of rotatable bonds is 6. The smallest absolute Gasteiger partial charge is 0.326 e. The molecule has 2 aromatic carbocycles. The van der Waals surface area contributed by atoms with E-state index in [9.17, 15) is 19.5 Å². The molecule has 0 spiro atoms. The quantitative estimate of drug-likeness (QED) is 0.694. The van der Waals surface area contributed by atoms with Gasteiger partial charge in [0.15, 0.2) is 0 Å². The summed E-state index contributed by atoms with van der Waals surface area (Å²) in [4.78, 5) is 37.9. The largest absolute Gasteiger partial charge is 0.497 e. The highest BCUT2D eigenvalue weighted by Crippen LogP contribution is 2.36. The van der Waals surface area contributed by atoms with Crippen molar-refractivity contribution in [3.63, 3.8) is 0 Å². The molecule has 1 fully saturated rings. The van der Waals surface area contributed by atoms with Crippen molar-refractivity contribution in [3.05, 3.63) is 60.2 Å². The molecule has 0 aromatic heterocycles. The number of anilines is 1. The molecule has 29 heavy (non-hydrogen) atoms. The van der Waals surface area contributed by atoms with Gasteiger partial charge in [-0.25, -0.2) is 9.59 Å². The van der Waals surface area contributed by atoms with E-state index >= 15 is 0 Å². The number of carbonyl (C=O) groups is 3. The van der Waals surface area contributed by atoms with Gasteiger partial charge in [-0.05, 0) is 30.5 Å². The van der Waals surface area contributed by atoms with Crippen molar-refractivity contribution < 1.29 is 24.2 Å². The molecular formula is C21H23N3O5. The number of nitrogens with one attached hydrogen (secondary N) is 2. The Bertz CT molecular complexity index is 887. The summed E-state index contributed by atoms with van der Waals surface area (Å²) in [5, 5.41) is 14.6. The molecule has 3 rings (SSSR count). The van der Waals surface area contributed by atoms with Crippen molar-refractivity contribution in [1.82, 2.24) is 10.2 Å². The molecule has 0 bridgehead atoms. The van der Waals surface area contributed by atoms with E-state index in [1.165, 1.54) is 12.0 Å². The topological polar surface area (TPSA) is 108 Å². The molecule has 8 nitrogen and oxygen atoms in total. The van der Waals surface area contributed by atoms with Gasteiger partial charge in [0.2, 0.25) is 5.91 Å². The number of hydrogen-bond donors (Lipinski definition) is 3. The molecule has 1 aliphatic heterocycles. The van der Waals surface area contributed by atoms with Gasteiger partial charge in [0.25, 0.3) is 0 Å². The molecule has 0 saturated carbocycles. The third-order valence-corrected chi connectivity index (χ3v) is 4.87. The molecule has 3 amide bonds. The highest BCUT2D eigenvalue weighted by atomic mass is 16.5. The predicted octanol–water partition coefficient (Wildman–Crippen LogP) is 2.63. The Labute approximate surface area is 168 Å². The third kappa shape index (κ3) is 4.84. The number of carboxylic acid groups (broad SMARTS) is 1. The molecular weight excluding hydrogens is 374 g/mol. The monoisotopic (exact) mass is 397 g/mol. The lowest BCUT2D eigenvalue weighted by Gasteiger charge is -2.28. The van der Waals surface area contributed by atoms with E-state index in [1.807, 2.05) is 30.3 Å². The second-order valence-electron chi connectivity index (χ2n) is 6.70. The first-order valence-electron chi connectivity index (χ1n) is 9.27. The number of benzene rings is 2. The average molecular weight is 397 g/mol. The summed E-state index contributed by atoms with van der Waals surface area (Å²) < 4.78 is 5.10. The summed E-state index contributed by atoms with van der Waals surface area (Å²) in [5.41, 5.74) is 1.39. The number of carboxylic acids is 1. The maximum Gasteiger partial charge on any atom is 0.326 e. The molecule has 8 heteroatoms. The van der Waals surface area contributed by atoms with Crippen LogP contribution in [0.15, 0.2) is 54.6 Å². The Hall–Kier alpha value is -3.55. The Morgan fingerprint density at radius 1 is 1.10 bits per heavy atom. The molecule has 152 valence electrons. The Morgan fingerprint density at radius 3 is 2.55 bits per heavy atom. The SMILES string of the molecule is COc1cccc(NC(=O)NCC(=O)N2C(c3ccccc3)CC[C@H]2C(=O)O)c1. The first-order valence-corrected chi connectivity index (χ1v) is 9.27. The van der Waals surface area contributed by atoms with Crippen LogP contribution in [0, 0.1) is 0 Å². The second kappa shape index (κ2) is 9.09. The minimum atomic E-state index is -1.04. The van der Waals surface area contributed by atoms with Gasteiger partial charge in [-0.15, -0.1) is 0 Å². The van der Waals surface area contributed by atoms with E-state index in [2.05, 4.69) is 10.6 Å². The van der Waals surface area contributed by atoms with Crippen LogP contribution in [0.4, 0.5) is 10.5 Å². The predicted molar refractivity (Wildman–Crippen MR) is 107 cm³/mol. The maximum absolute atomic E-state index is 12.8. The van der Waals surface area contributed by atoms with Crippen molar-refractivity contribution in [2.75, 3.05) is 19.0 Å². The molecule has 0 aliphatic carbocycles. The summed E-state index contributed by atoms with van der Waals surface area (Å²) in [6.07, 6.45) is 0.930. The van der Waals surface area contributed by atoms with Crippen LogP contribution in [0.1, 0.15) is 24.4 Å². The summed E-state index contributed by atoms with van der Waals surface area (Å²) in [6, 6.07) is 14.3. The molecule has 1 heterocycles. The van der Waals surface area contributed by atoms with E-state index in [0.29, 0.717) is 24.3 Å². The lowest BCUT2D eigenvalue weighted by atomic mass is 10.0. The van der Waals surface area contributed by atoms with Gasteiger partial charge in [0, 0.05) is 11.8 Å². The lowest BCUT2D eigenvalue weighted by molar-refractivity contribution is -0.149. The molecule has 1 aliphatic rings. The minimum absolute atomic E-state index is 0.303. The number of ether oxygens (including phenoxy) is 1. The average Bonchev–Trinajstić information content (AvgIpc) is 3.18. The molecule has 0 radical (unpaired) electrons. The van der Waals surface area contributed by atoms with Crippen LogP contribution in [0.2, 0.25) is 0 Å². The molecule has 2 aromatic rings. The van der Waals surface area contributed by atoms with Crippen LogP contribution in [0.25, 0.3) is 0 Å². The Balaban J connectivity index is 1.65. The van der Waals surface area contributed by atoms with Gasteiger partial charge in [0.1, 0.15) is 11.8 Å². The van der Waals surface area contributed by atoms with Gasteiger partial charge in [-0.2, -0.15) is 0 Å². The summed E-state index contributed by atoms with van der Waals surface area (Å²) in [5.74, 6) is -0.895. The highest BCUT2D eigenvalue weighted by molar-refractivity contribution is 5.93. The lowest BCUT2D eigenvalue weighted by Crippen LogP contribution is -2.47. The van der Waals surface area contributed by atoms with Crippen molar-refractivity contribution in [2.45, 2.75) is 24.9 Å². The third-order valence-electron chi connectivity index (χ3n) is 4.87. The summed E-state index contributed by atoms with van der Waals surface area (Å²) >= 11 is 0. The number of likely N-dealkylation sites (tertiary alicyclic amines) is 1. The first-order chi connectivity index (χ1) is 14.0. The normalized spacial score (nSPS) is 18.2. The van der Waals surface area contributed by atoms with Gasteiger partial charge in [-0.3, -0.25) is 4.79 Å². The van der Waals surface area contributed by atoms with Gasteiger partial charge >= 0.3 is 12.0 Å². The first kappa shape index (κ1) is 20.2. The van der Waals surface area contributed by atoms with E-state index in [4.69, 9.17) is 4.74 Å². The highest BCUT2D eigenvalue weighted by Gasteiger charge is 2.41. The zero-order valence-corrected chi connectivity index (χ0v) is 16.0. The number of nitrogens with zero attached hydrogens (tertiary/aromatic N) is 1. The number of methoxy groups -OCH3 is 1. The zero-order chi connectivity index (χ0) is 20.8. The molecule has 2 atom stereocenters. The van der Waals surface area contributed by atoms with Crippen LogP contribution in [-0.2, 0) is 9.59 Å². The second-order valence-corrected chi connectivity index (χ2v) is 6.70. The van der Waals surface area contributed by atoms with Gasteiger partial charge in [-0.1, -0.05) is 36.4 Å². The van der Waals surface area contributed by atoms with Crippen LogP contribution in [-0.4, -0.2) is 47.6 Å². The fourth-order valence-electron chi connectivity index (χ4n) is 3.53. The number of carbonyl (C=O) groups excluding carboxylic acids is 2. The molecule has 3 N–H and O–H groups in total. The number of aliphatic carboxylic acids is 1. The van der Waals surface area contributed by atoms with Gasteiger partial charge < -0.3 is 25.4 Å². The van der Waals surface area contributed by atoms with Crippen molar-refractivity contribution >= 4 is 23.6 Å². The zero-order valence-electron chi connectivity index (χ0n) is 16.0. The van der Waals surface area contributed by atoms with Crippen LogP contribution >= 0.6 is 0 Å². The van der Waals surface area contributed by atoms with Crippen LogP contribution in [0.3, 0.4) is 0 Å². The van der Waals surface area contributed by atoms with E-state index < -0.39 is 23.9 Å². The Morgan fingerprint density at radius 2 is 1.86 bits per heavy atom. The fraction of sp³-hybridized carbons (Fsp3) is 0.286. The fourth-order valence-corrected chi connectivity index (χ4v) is 3.53. The van der Waals surface area contributed by atoms with Crippen LogP contribution < -0.4 is 15.4 Å². The van der Waals surface area contributed by atoms with E-state index in [-0.39, 0.29) is 12.6 Å². The Kier molecular flexibility index (Phi) is 6.33. The number of hydrogen-bond acceptors (Lipinski definition) is 4. The molecule has 1 saturated heterocycles. The van der Waals surface area contributed by atoms with Gasteiger partial charge in [0.05, 0.1) is 19.7 Å². The molecule has 1 unspecified atom stereocenters. The maximum atomic E-state index is 12.8. The number of amides is 3. The van der Waals surface area contributed by atoms with E-state index in [1.54, 1.807) is 24.3 Å². The number of urea groups is 1. The van der Waals surface area contributed by atoms with Crippen molar-refractivity contribution in [1.29, 1.82) is 0 Å². The summed E-state index contributed by atoms with van der Waals surface area (Å²) in [6.45, 7) is -0.303. The van der Waals surface area contributed by atoms with Crippen molar-refractivity contribution in [2.24, 2.45) is 0 Å². The standard InChI is InChI=1S/C21H23N3O5/c1-29-16-9-5-8-15(12-16)23-21(28)22-13-19(25)24-17(10-11-18(24)20(26)27)14-6-3-2-4-7-14/h2-9,12,17-18H,10-11,13H2,1H3,(H,26,27)(H2,22,23,28)/t17?,18-/m0/s1. The minimum Gasteiger partial charge on any atom is -0.497 e. The summed E-state index contributed by atoms with van der Waals surface area (Å²) in [7, 11) is 1.52. The van der Waals surface area contributed by atoms with Crippen molar-refractivity contribution in [3.8, 4) is 5.75 Å².